The SMILES string of the molecule is C#CC(CC)NC(C)c1ccc(OC(F)F)cc1. The quantitative estimate of drug-likeness (QED) is 0.785. The molecule has 1 aromatic rings. The van der Waals surface area contributed by atoms with E-state index in [1.165, 1.54) is 12.1 Å². The number of terminal acetylenes is 1. The molecule has 18 heavy (non-hydrogen) atoms. The maximum Gasteiger partial charge on any atom is 0.387 e. The zero-order valence-corrected chi connectivity index (χ0v) is 10.5. The van der Waals surface area contributed by atoms with Gasteiger partial charge in [0.25, 0.3) is 0 Å². The summed E-state index contributed by atoms with van der Waals surface area (Å²) in [5, 5.41) is 3.27. The van der Waals surface area contributed by atoms with Crippen LogP contribution in [0.4, 0.5) is 8.78 Å². The second-order valence-corrected chi connectivity index (χ2v) is 3.96. The van der Waals surface area contributed by atoms with Crippen LogP contribution in [0.5, 0.6) is 5.75 Å². The zero-order chi connectivity index (χ0) is 13.5. The standard InChI is InChI=1S/C14H17F2NO/c1-4-12(5-2)17-10(3)11-6-8-13(9-7-11)18-14(15)16/h1,6-10,12,14,17H,5H2,2-3H3. The van der Waals surface area contributed by atoms with Gasteiger partial charge in [-0.05, 0) is 31.0 Å². The summed E-state index contributed by atoms with van der Waals surface area (Å²) in [6.07, 6.45) is 6.21. The third-order valence-corrected chi connectivity index (χ3v) is 2.67. The number of ether oxygens (including phenoxy) is 1. The Balaban J connectivity index is 2.64. The minimum atomic E-state index is -2.79. The highest BCUT2D eigenvalue weighted by molar-refractivity contribution is 5.29. The number of alkyl halides is 2. The average molecular weight is 253 g/mol. The fraction of sp³-hybridized carbons (Fsp3) is 0.429. The summed E-state index contributed by atoms with van der Waals surface area (Å²) >= 11 is 0. The normalized spacial score (nSPS) is 14.0. The molecule has 0 aliphatic carbocycles. The first-order chi connectivity index (χ1) is 8.56. The number of nitrogens with one attached hydrogen (secondary N) is 1. The minimum absolute atomic E-state index is 0.0111. The van der Waals surface area contributed by atoms with Crippen LogP contribution in [-0.2, 0) is 0 Å². The highest BCUT2D eigenvalue weighted by Crippen LogP contribution is 2.19. The van der Waals surface area contributed by atoms with Gasteiger partial charge in [-0.15, -0.1) is 6.42 Å². The van der Waals surface area contributed by atoms with Crippen molar-refractivity contribution in [1.82, 2.24) is 5.32 Å². The van der Waals surface area contributed by atoms with Crippen LogP contribution in [0.2, 0.25) is 0 Å². The average Bonchev–Trinajstić information content (AvgIpc) is 2.35. The highest BCUT2D eigenvalue weighted by atomic mass is 19.3. The van der Waals surface area contributed by atoms with Crippen LogP contribution in [0.3, 0.4) is 0 Å². The third-order valence-electron chi connectivity index (χ3n) is 2.67. The molecule has 1 N–H and O–H groups in total. The molecular formula is C14H17F2NO. The lowest BCUT2D eigenvalue weighted by molar-refractivity contribution is -0.0498. The van der Waals surface area contributed by atoms with Crippen molar-refractivity contribution in [2.75, 3.05) is 0 Å². The lowest BCUT2D eigenvalue weighted by Gasteiger charge is -2.18. The van der Waals surface area contributed by atoms with Crippen LogP contribution in [-0.4, -0.2) is 12.7 Å². The van der Waals surface area contributed by atoms with Crippen LogP contribution >= 0.6 is 0 Å². The predicted octanol–water partition coefficient (Wildman–Crippen LogP) is 3.35. The van der Waals surface area contributed by atoms with E-state index in [2.05, 4.69) is 16.0 Å². The Morgan fingerprint density at radius 2 is 1.94 bits per heavy atom. The summed E-state index contributed by atoms with van der Waals surface area (Å²) in [7, 11) is 0. The molecule has 2 unspecified atom stereocenters. The van der Waals surface area contributed by atoms with Crippen molar-refractivity contribution in [2.45, 2.75) is 39.0 Å². The Labute approximate surface area is 106 Å². The summed E-state index contributed by atoms with van der Waals surface area (Å²) in [6.45, 7) is 1.18. The fourth-order valence-electron chi connectivity index (χ4n) is 1.62. The molecule has 0 spiro atoms. The Morgan fingerprint density at radius 3 is 2.39 bits per heavy atom. The first-order valence-corrected chi connectivity index (χ1v) is 5.83. The molecule has 0 aliphatic rings. The molecular weight excluding hydrogens is 236 g/mol. The van der Waals surface area contributed by atoms with Gasteiger partial charge in [0.05, 0.1) is 6.04 Å². The van der Waals surface area contributed by atoms with Crippen LogP contribution in [0, 0.1) is 12.3 Å². The summed E-state index contributed by atoms with van der Waals surface area (Å²) in [5.74, 6) is 2.81. The lowest BCUT2D eigenvalue weighted by atomic mass is 10.1. The summed E-state index contributed by atoms with van der Waals surface area (Å²) in [4.78, 5) is 0. The minimum Gasteiger partial charge on any atom is -0.435 e. The molecule has 1 aromatic carbocycles. The van der Waals surface area contributed by atoms with Gasteiger partial charge in [-0.3, -0.25) is 5.32 Å². The van der Waals surface area contributed by atoms with E-state index in [4.69, 9.17) is 6.42 Å². The lowest BCUT2D eigenvalue weighted by Crippen LogP contribution is -2.29. The van der Waals surface area contributed by atoms with Crippen LogP contribution in [0.15, 0.2) is 24.3 Å². The molecule has 0 amide bonds. The first kappa shape index (κ1) is 14.5. The van der Waals surface area contributed by atoms with Gasteiger partial charge in [-0.2, -0.15) is 8.78 Å². The van der Waals surface area contributed by atoms with E-state index in [9.17, 15) is 8.78 Å². The van der Waals surface area contributed by atoms with E-state index in [-0.39, 0.29) is 17.8 Å². The van der Waals surface area contributed by atoms with Gasteiger partial charge in [-0.1, -0.05) is 25.0 Å². The highest BCUT2D eigenvalue weighted by Gasteiger charge is 2.10. The summed E-state index contributed by atoms with van der Waals surface area (Å²) in [5.41, 5.74) is 0.977. The second-order valence-electron chi connectivity index (χ2n) is 3.96. The molecule has 0 aromatic heterocycles. The smallest absolute Gasteiger partial charge is 0.387 e. The molecule has 2 nitrogen and oxygen atoms in total. The van der Waals surface area contributed by atoms with Gasteiger partial charge in [0, 0.05) is 6.04 Å². The molecule has 0 fully saturated rings. The second kappa shape index (κ2) is 6.97. The summed E-state index contributed by atoms with van der Waals surface area (Å²) in [6, 6.07) is 6.62. The van der Waals surface area contributed by atoms with Gasteiger partial charge in [0.2, 0.25) is 0 Å². The van der Waals surface area contributed by atoms with Crippen molar-refractivity contribution in [3.05, 3.63) is 29.8 Å². The third kappa shape index (κ3) is 4.34. The largest absolute Gasteiger partial charge is 0.435 e. The van der Waals surface area contributed by atoms with E-state index in [0.717, 1.165) is 12.0 Å². The van der Waals surface area contributed by atoms with E-state index >= 15 is 0 Å². The Bertz CT molecular complexity index is 397. The van der Waals surface area contributed by atoms with E-state index in [1.807, 2.05) is 13.8 Å². The van der Waals surface area contributed by atoms with Gasteiger partial charge in [0.1, 0.15) is 5.75 Å². The summed E-state index contributed by atoms with van der Waals surface area (Å²) < 4.78 is 28.3. The number of benzene rings is 1. The molecule has 4 heteroatoms. The van der Waals surface area contributed by atoms with Crippen molar-refractivity contribution in [3.8, 4) is 18.1 Å². The maximum absolute atomic E-state index is 12.0. The van der Waals surface area contributed by atoms with Gasteiger partial charge in [0.15, 0.2) is 0 Å². The van der Waals surface area contributed by atoms with Crippen LogP contribution in [0.25, 0.3) is 0 Å². The van der Waals surface area contributed by atoms with Crippen molar-refractivity contribution < 1.29 is 13.5 Å². The monoisotopic (exact) mass is 253 g/mol. The molecule has 0 saturated carbocycles. The molecule has 0 aliphatic heterocycles. The molecule has 2 atom stereocenters. The molecule has 0 radical (unpaired) electrons. The first-order valence-electron chi connectivity index (χ1n) is 5.83. The predicted molar refractivity (Wildman–Crippen MR) is 67.5 cm³/mol. The van der Waals surface area contributed by atoms with Crippen molar-refractivity contribution in [3.63, 3.8) is 0 Å². The maximum atomic E-state index is 12.0. The fourth-order valence-corrected chi connectivity index (χ4v) is 1.62. The van der Waals surface area contributed by atoms with Gasteiger partial charge >= 0.3 is 6.61 Å². The van der Waals surface area contributed by atoms with Gasteiger partial charge in [-0.25, -0.2) is 0 Å². The topological polar surface area (TPSA) is 21.3 Å². The van der Waals surface area contributed by atoms with Crippen LogP contribution < -0.4 is 10.1 Å². The van der Waals surface area contributed by atoms with E-state index in [1.54, 1.807) is 12.1 Å². The molecule has 0 bridgehead atoms. The Hall–Kier alpha value is -1.60. The van der Waals surface area contributed by atoms with E-state index in [0.29, 0.717) is 0 Å². The number of hydrogen-bond acceptors (Lipinski definition) is 2. The van der Waals surface area contributed by atoms with Crippen molar-refractivity contribution >= 4 is 0 Å². The Kier molecular flexibility index (Phi) is 5.60. The number of rotatable bonds is 6. The molecule has 1 rings (SSSR count). The van der Waals surface area contributed by atoms with E-state index < -0.39 is 6.61 Å². The van der Waals surface area contributed by atoms with Crippen LogP contribution in [0.1, 0.15) is 31.9 Å². The Morgan fingerprint density at radius 1 is 1.33 bits per heavy atom. The molecule has 98 valence electrons. The van der Waals surface area contributed by atoms with Crippen molar-refractivity contribution in [1.29, 1.82) is 0 Å². The number of halogens is 2. The molecule has 0 saturated heterocycles. The zero-order valence-electron chi connectivity index (χ0n) is 10.5. The van der Waals surface area contributed by atoms with Gasteiger partial charge < -0.3 is 4.74 Å². The number of hydrogen-bond donors (Lipinski definition) is 1. The molecule has 0 heterocycles. The van der Waals surface area contributed by atoms with Crippen molar-refractivity contribution in [2.24, 2.45) is 0 Å².